The molecule has 0 amide bonds. The molecule has 2 heterocycles. The van der Waals surface area contributed by atoms with Crippen LogP contribution >= 0.6 is 11.3 Å². The number of hydroxylamine groups is 1. The Bertz CT molecular complexity index is 796. The Morgan fingerprint density at radius 2 is 1.68 bits per heavy atom. The maximum absolute atomic E-state index is 5.64. The number of nitrogens with zero attached hydrogens (tertiary/aromatic N) is 1. The Kier molecular flexibility index (Phi) is 3.46. The minimum atomic E-state index is -0.0712. The maximum atomic E-state index is 5.64. The van der Waals surface area contributed by atoms with Crippen LogP contribution < -0.4 is 5.48 Å². The molecule has 1 aromatic heterocycles. The van der Waals surface area contributed by atoms with Crippen molar-refractivity contribution in [3.8, 4) is 10.6 Å². The van der Waals surface area contributed by atoms with E-state index in [2.05, 4.69) is 41.2 Å². The number of nitrogens with one attached hydrogen (secondary N) is 1. The molecule has 0 spiro atoms. The molecule has 22 heavy (non-hydrogen) atoms. The second-order valence-corrected chi connectivity index (χ2v) is 5.89. The van der Waals surface area contributed by atoms with Gasteiger partial charge in [0, 0.05) is 10.9 Å². The molecule has 1 aliphatic heterocycles. The highest BCUT2D eigenvalue weighted by Crippen LogP contribution is 2.31. The predicted octanol–water partition coefficient (Wildman–Crippen LogP) is 4.43. The lowest BCUT2D eigenvalue weighted by atomic mass is 10.1. The molecule has 0 aliphatic carbocycles. The lowest BCUT2D eigenvalue weighted by molar-refractivity contribution is 0.0510. The minimum absolute atomic E-state index is 0.0712. The Labute approximate surface area is 132 Å². The molecule has 0 saturated carbocycles. The first kappa shape index (κ1) is 13.2. The van der Waals surface area contributed by atoms with Crippen LogP contribution in [0.2, 0.25) is 0 Å². The fourth-order valence-corrected chi connectivity index (χ4v) is 3.23. The van der Waals surface area contributed by atoms with Crippen molar-refractivity contribution in [3.05, 3.63) is 83.4 Å². The van der Waals surface area contributed by atoms with Crippen LogP contribution in [0.25, 0.3) is 16.3 Å². The van der Waals surface area contributed by atoms with E-state index in [1.807, 2.05) is 36.4 Å². The summed E-state index contributed by atoms with van der Waals surface area (Å²) in [6, 6.07) is 20.4. The van der Waals surface area contributed by atoms with Gasteiger partial charge in [-0.15, -0.1) is 11.3 Å². The zero-order valence-corrected chi connectivity index (χ0v) is 12.6. The smallest absolute Gasteiger partial charge is 0.131 e. The highest BCUT2D eigenvalue weighted by atomic mass is 32.1. The van der Waals surface area contributed by atoms with Crippen LogP contribution in [-0.4, -0.2) is 4.98 Å². The highest BCUT2D eigenvalue weighted by Gasteiger charge is 2.20. The molecule has 3 nitrogen and oxygen atoms in total. The third-order valence-electron chi connectivity index (χ3n) is 3.54. The molecule has 108 valence electrons. The van der Waals surface area contributed by atoms with E-state index in [0.29, 0.717) is 0 Å². The molecule has 0 bridgehead atoms. The average Bonchev–Trinajstić information content (AvgIpc) is 3.26. The van der Waals surface area contributed by atoms with Gasteiger partial charge in [0.15, 0.2) is 0 Å². The molecule has 3 aromatic rings. The van der Waals surface area contributed by atoms with E-state index in [4.69, 9.17) is 9.82 Å². The van der Waals surface area contributed by atoms with Crippen LogP contribution in [0.1, 0.15) is 17.4 Å². The molecular weight excluding hydrogens is 292 g/mol. The number of hydrogen-bond donors (Lipinski definition) is 1. The number of aromatic nitrogens is 1. The fraction of sp³-hybridized carbons (Fsp3) is 0.0556. The van der Waals surface area contributed by atoms with E-state index in [0.717, 1.165) is 27.5 Å². The maximum Gasteiger partial charge on any atom is 0.131 e. The topological polar surface area (TPSA) is 34.2 Å². The van der Waals surface area contributed by atoms with Crippen LogP contribution in [0.4, 0.5) is 0 Å². The molecule has 0 saturated heterocycles. The van der Waals surface area contributed by atoms with Gasteiger partial charge in [-0.1, -0.05) is 60.7 Å². The van der Waals surface area contributed by atoms with E-state index in [1.165, 1.54) is 0 Å². The van der Waals surface area contributed by atoms with Crippen molar-refractivity contribution >= 4 is 17.0 Å². The molecule has 4 heteroatoms. The molecule has 0 radical (unpaired) electrons. The van der Waals surface area contributed by atoms with Gasteiger partial charge in [0.2, 0.25) is 0 Å². The van der Waals surface area contributed by atoms with Gasteiger partial charge in [0.05, 0.1) is 11.4 Å². The first-order valence-electron chi connectivity index (χ1n) is 7.10. The second kappa shape index (κ2) is 5.75. The first-order chi connectivity index (χ1) is 10.9. The molecule has 1 N–H and O–H groups in total. The summed E-state index contributed by atoms with van der Waals surface area (Å²) in [7, 11) is 0. The molecular formula is C18H14N2OS. The van der Waals surface area contributed by atoms with Crippen molar-refractivity contribution < 1.29 is 4.84 Å². The molecule has 1 atom stereocenters. The Hall–Kier alpha value is -2.43. The molecule has 0 fully saturated rings. The van der Waals surface area contributed by atoms with E-state index in [9.17, 15) is 0 Å². The van der Waals surface area contributed by atoms with Crippen molar-refractivity contribution in [2.24, 2.45) is 0 Å². The van der Waals surface area contributed by atoms with Crippen molar-refractivity contribution in [2.45, 2.75) is 6.10 Å². The normalized spacial score (nSPS) is 17.1. The van der Waals surface area contributed by atoms with Crippen molar-refractivity contribution in [3.63, 3.8) is 0 Å². The van der Waals surface area contributed by atoms with E-state index in [1.54, 1.807) is 11.3 Å². The van der Waals surface area contributed by atoms with E-state index < -0.39 is 0 Å². The summed E-state index contributed by atoms with van der Waals surface area (Å²) < 4.78 is 0. The summed E-state index contributed by atoms with van der Waals surface area (Å²) in [5.41, 5.74) is 7.10. The van der Waals surface area contributed by atoms with Crippen LogP contribution in [-0.2, 0) is 4.84 Å². The third kappa shape index (κ3) is 2.54. The summed E-state index contributed by atoms with van der Waals surface area (Å²) >= 11 is 1.64. The first-order valence-corrected chi connectivity index (χ1v) is 7.98. The lowest BCUT2D eigenvalue weighted by Gasteiger charge is -2.06. The SMILES string of the molecule is C1=C(c2csc(-c3ccccc3)n2)NOC1c1ccccc1. The van der Waals surface area contributed by atoms with Gasteiger partial charge in [0.25, 0.3) is 0 Å². The van der Waals surface area contributed by atoms with Crippen molar-refractivity contribution in [2.75, 3.05) is 0 Å². The predicted molar refractivity (Wildman–Crippen MR) is 88.9 cm³/mol. The quantitative estimate of drug-likeness (QED) is 0.777. The van der Waals surface area contributed by atoms with Gasteiger partial charge < -0.3 is 0 Å². The molecule has 1 aliphatic rings. The second-order valence-electron chi connectivity index (χ2n) is 5.04. The van der Waals surface area contributed by atoms with Gasteiger partial charge >= 0.3 is 0 Å². The summed E-state index contributed by atoms with van der Waals surface area (Å²) in [5, 5.41) is 3.07. The Balaban J connectivity index is 1.60. The summed E-state index contributed by atoms with van der Waals surface area (Å²) in [6.45, 7) is 0. The molecule has 2 aromatic carbocycles. The van der Waals surface area contributed by atoms with Crippen LogP contribution in [0.15, 0.2) is 72.1 Å². The van der Waals surface area contributed by atoms with Crippen molar-refractivity contribution in [1.29, 1.82) is 0 Å². The molecule has 1 unspecified atom stereocenters. The lowest BCUT2D eigenvalue weighted by Crippen LogP contribution is -2.07. The zero-order valence-electron chi connectivity index (χ0n) is 11.8. The number of thiazole rings is 1. The van der Waals surface area contributed by atoms with Gasteiger partial charge in [-0.25, -0.2) is 4.98 Å². The van der Waals surface area contributed by atoms with Gasteiger partial charge in [-0.2, -0.15) is 0 Å². The van der Waals surface area contributed by atoms with Gasteiger partial charge in [-0.3, -0.25) is 10.3 Å². The van der Waals surface area contributed by atoms with E-state index in [-0.39, 0.29) is 6.10 Å². The van der Waals surface area contributed by atoms with Crippen LogP contribution in [0, 0.1) is 0 Å². The molecule has 4 rings (SSSR count). The highest BCUT2D eigenvalue weighted by molar-refractivity contribution is 7.13. The fourth-order valence-electron chi connectivity index (χ4n) is 2.40. The standard InChI is InChI=1S/C18H14N2OS/c1-3-7-13(8-4-1)17-11-15(20-21-17)16-12-22-18(19-16)14-9-5-2-6-10-14/h1-12,17,20H. The van der Waals surface area contributed by atoms with Gasteiger partial charge in [0.1, 0.15) is 11.1 Å². The van der Waals surface area contributed by atoms with Crippen molar-refractivity contribution in [1.82, 2.24) is 10.5 Å². The zero-order chi connectivity index (χ0) is 14.8. The number of hydrogen-bond acceptors (Lipinski definition) is 4. The number of rotatable bonds is 3. The monoisotopic (exact) mass is 306 g/mol. The largest absolute Gasteiger partial charge is 0.264 e. The van der Waals surface area contributed by atoms with Gasteiger partial charge in [-0.05, 0) is 11.6 Å². The summed E-state index contributed by atoms with van der Waals surface area (Å²) in [4.78, 5) is 10.3. The summed E-state index contributed by atoms with van der Waals surface area (Å²) in [5.74, 6) is 0. The average molecular weight is 306 g/mol. The van der Waals surface area contributed by atoms with Crippen LogP contribution in [0.3, 0.4) is 0 Å². The van der Waals surface area contributed by atoms with E-state index >= 15 is 0 Å². The Morgan fingerprint density at radius 3 is 2.45 bits per heavy atom. The summed E-state index contributed by atoms with van der Waals surface area (Å²) in [6.07, 6.45) is 2.00. The third-order valence-corrected chi connectivity index (χ3v) is 4.43. The Morgan fingerprint density at radius 1 is 0.955 bits per heavy atom. The van der Waals surface area contributed by atoms with Crippen LogP contribution in [0.5, 0.6) is 0 Å². The number of benzene rings is 2. The minimum Gasteiger partial charge on any atom is -0.264 e.